The molecule has 0 radical (unpaired) electrons. The molecule has 0 aromatic heterocycles. The second-order valence-electron chi connectivity index (χ2n) is 3.19. The first-order valence-corrected chi connectivity index (χ1v) is 5.95. The van der Waals surface area contributed by atoms with Crippen LogP contribution in [0.1, 0.15) is 20.8 Å². The lowest BCUT2D eigenvalue weighted by atomic mass is 10.3. The van der Waals surface area contributed by atoms with E-state index >= 15 is 0 Å². The fourth-order valence-corrected chi connectivity index (χ4v) is 2.59. The summed E-state index contributed by atoms with van der Waals surface area (Å²) in [6.07, 6.45) is -4.22. The van der Waals surface area contributed by atoms with Gasteiger partial charge in [0.15, 0.2) is 4.58 Å². The maximum absolute atomic E-state index is 11.9. The molecule has 74 valence electrons. The molecular weight excluding hydrogens is 225 g/mol. The van der Waals surface area contributed by atoms with E-state index in [-0.39, 0.29) is 4.75 Å². The van der Waals surface area contributed by atoms with Crippen LogP contribution in [0, 0.1) is 0 Å². The smallest absolute Gasteiger partial charge is 0.169 e. The molecule has 0 N–H and O–H groups in total. The molecule has 1 unspecified atom stereocenters. The van der Waals surface area contributed by atoms with Crippen LogP contribution >= 0.6 is 34.2 Å². The summed E-state index contributed by atoms with van der Waals surface area (Å²) < 4.78 is 34.0. The second-order valence-corrected chi connectivity index (χ2v) is 7.18. The zero-order valence-corrected chi connectivity index (χ0v) is 9.50. The molecule has 0 amide bonds. The molecule has 0 aromatic rings. The van der Waals surface area contributed by atoms with Gasteiger partial charge >= 0.3 is 6.18 Å². The summed E-state index contributed by atoms with van der Waals surface area (Å²) in [4.78, 5) is 0. The Morgan fingerprint density at radius 2 is 1.58 bits per heavy atom. The van der Waals surface area contributed by atoms with Crippen molar-refractivity contribution in [2.45, 2.75) is 36.3 Å². The topological polar surface area (TPSA) is 0 Å². The highest BCUT2D eigenvalue weighted by Crippen LogP contribution is 2.44. The van der Waals surface area contributed by atoms with Crippen molar-refractivity contribution in [2.75, 3.05) is 0 Å². The molecule has 0 aromatic carbocycles. The Labute approximate surface area is 83.9 Å². The van der Waals surface area contributed by atoms with E-state index in [2.05, 4.69) is 12.6 Å². The number of rotatable bonds is 2. The minimum absolute atomic E-state index is 0.170. The Bertz CT molecular complexity index is 138. The highest BCUT2D eigenvalue weighted by atomic mass is 33.1. The van der Waals surface area contributed by atoms with Gasteiger partial charge in [-0.1, -0.05) is 42.4 Å². The van der Waals surface area contributed by atoms with Gasteiger partial charge in [-0.25, -0.2) is 0 Å². The minimum atomic E-state index is -4.22. The number of thiol groups is 1. The van der Waals surface area contributed by atoms with Crippen LogP contribution < -0.4 is 0 Å². The predicted molar refractivity (Wildman–Crippen MR) is 53.8 cm³/mol. The van der Waals surface area contributed by atoms with Crippen LogP contribution in [0.3, 0.4) is 0 Å². The van der Waals surface area contributed by atoms with Crippen molar-refractivity contribution in [3.63, 3.8) is 0 Å². The van der Waals surface area contributed by atoms with E-state index < -0.39 is 10.8 Å². The second kappa shape index (κ2) is 4.37. The van der Waals surface area contributed by atoms with Crippen LogP contribution in [0.2, 0.25) is 0 Å². The Hall–Kier alpha value is 0.840. The Morgan fingerprint density at radius 3 is 1.83 bits per heavy atom. The van der Waals surface area contributed by atoms with Crippen molar-refractivity contribution in [1.29, 1.82) is 0 Å². The van der Waals surface area contributed by atoms with E-state index in [1.165, 1.54) is 10.8 Å². The van der Waals surface area contributed by atoms with Gasteiger partial charge in [-0.2, -0.15) is 25.8 Å². The molecule has 0 aliphatic heterocycles. The molecule has 1 atom stereocenters. The molecule has 0 fully saturated rings. The normalized spacial score (nSPS) is 16.2. The van der Waals surface area contributed by atoms with E-state index in [0.29, 0.717) is 0 Å². The van der Waals surface area contributed by atoms with Gasteiger partial charge in [0, 0.05) is 4.75 Å². The summed E-state index contributed by atoms with van der Waals surface area (Å²) >= 11 is 3.44. The maximum Gasteiger partial charge on any atom is 0.410 e. The van der Waals surface area contributed by atoms with Gasteiger partial charge in [-0.3, -0.25) is 0 Å². The van der Waals surface area contributed by atoms with E-state index in [1.54, 1.807) is 0 Å². The van der Waals surface area contributed by atoms with Gasteiger partial charge in [0.05, 0.1) is 0 Å². The molecule has 0 aliphatic carbocycles. The van der Waals surface area contributed by atoms with Crippen molar-refractivity contribution in [3.8, 4) is 0 Å². The standard InChI is InChI=1S/C6H11F3S3/c1-5(2,3)12-11-4(10)6(7,8)9/h4,10H,1-3H3. The fraction of sp³-hybridized carbons (Fsp3) is 1.00. The van der Waals surface area contributed by atoms with Crippen molar-refractivity contribution in [1.82, 2.24) is 0 Å². The summed E-state index contributed by atoms with van der Waals surface area (Å²) in [5.74, 6) is 0. The highest BCUT2D eigenvalue weighted by Gasteiger charge is 2.38. The van der Waals surface area contributed by atoms with Gasteiger partial charge in [-0.15, -0.1) is 0 Å². The summed E-state index contributed by atoms with van der Waals surface area (Å²) in [6.45, 7) is 5.59. The van der Waals surface area contributed by atoms with Crippen molar-refractivity contribution < 1.29 is 13.2 Å². The first kappa shape index (κ1) is 12.8. The fourth-order valence-electron chi connectivity index (χ4n) is 0.244. The van der Waals surface area contributed by atoms with E-state index in [1.807, 2.05) is 20.8 Å². The maximum atomic E-state index is 11.9. The number of alkyl halides is 3. The SMILES string of the molecule is CC(C)(C)SSC(S)C(F)(F)F. The van der Waals surface area contributed by atoms with Crippen molar-refractivity contribution in [3.05, 3.63) is 0 Å². The zero-order chi connectivity index (χ0) is 9.99. The molecule has 0 aliphatic rings. The van der Waals surface area contributed by atoms with E-state index in [0.717, 1.165) is 10.8 Å². The first-order valence-electron chi connectivity index (χ1n) is 3.22. The largest absolute Gasteiger partial charge is 0.410 e. The molecular formula is C6H11F3S3. The van der Waals surface area contributed by atoms with Gasteiger partial charge in [0.1, 0.15) is 0 Å². The van der Waals surface area contributed by atoms with Crippen LogP contribution in [0.25, 0.3) is 0 Å². The van der Waals surface area contributed by atoms with Gasteiger partial charge in [0.25, 0.3) is 0 Å². The quantitative estimate of drug-likeness (QED) is 0.437. The van der Waals surface area contributed by atoms with E-state index in [4.69, 9.17) is 0 Å². The van der Waals surface area contributed by atoms with Crippen LogP contribution in [-0.4, -0.2) is 15.5 Å². The summed E-state index contributed by atoms with van der Waals surface area (Å²) in [5, 5.41) is 0. The van der Waals surface area contributed by atoms with Crippen LogP contribution in [0.5, 0.6) is 0 Å². The third-order valence-electron chi connectivity index (χ3n) is 0.669. The summed E-state index contributed by atoms with van der Waals surface area (Å²) in [6, 6.07) is 0. The highest BCUT2D eigenvalue weighted by molar-refractivity contribution is 8.78. The summed E-state index contributed by atoms with van der Waals surface area (Å²) in [7, 11) is 1.93. The Kier molecular flexibility index (Phi) is 4.68. The Balaban J connectivity index is 3.80. The van der Waals surface area contributed by atoms with Gasteiger partial charge < -0.3 is 0 Å². The number of halogens is 3. The monoisotopic (exact) mass is 236 g/mol. The first-order chi connectivity index (χ1) is 5.13. The third kappa shape index (κ3) is 6.37. The molecule has 0 saturated heterocycles. The zero-order valence-electron chi connectivity index (χ0n) is 6.97. The molecule has 12 heavy (non-hydrogen) atoms. The lowest BCUT2D eigenvalue weighted by Gasteiger charge is -2.20. The molecule has 0 saturated carbocycles. The summed E-state index contributed by atoms with van der Waals surface area (Å²) in [5.41, 5.74) is 0. The lowest BCUT2D eigenvalue weighted by molar-refractivity contribution is -0.111. The third-order valence-corrected chi connectivity index (χ3v) is 5.12. The predicted octanol–water partition coefficient (Wildman–Crippen LogP) is 3.98. The van der Waals surface area contributed by atoms with Crippen molar-refractivity contribution >= 4 is 34.2 Å². The Morgan fingerprint density at radius 1 is 1.17 bits per heavy atom. The van der Waals surface area contributed by atoms with Crippen LogP contribution in [-0.2, 0) is 0 Å². The molecule has 0 nitrogen and oxygen atoms in total. The molecule has 0 bridgehead atoms. The van der Waals surface area contributed by atoms with Gasteiger partial charge in [0.2, 0.25) is 0 Å². The van der Waals surface area contributed by atoms with E-state index in [9.17, 15) is 13.2 Å². The lowest BCUT2D eigenvalue weighted by Crippen LogP contribution is -2.20. The number of hydrogen-bond donors (Lipinski definition) is 1. The molecule has 0 rings (SSSR count). The number of hydrogen-bond acceptors (Lipinski definition) is 3. The van der Waals surface area contributed by atoms with Crippen LogP contribution in [0.4, 0.5) is 13.2 Å². The molecule has 0 spiro atoms. The average molecular weight is 236 g/mol. The van der Waals surface area contributed by atoms with Gasteiger partial charge in [-0.05, 0) is 0 Å². The molecule has 6 heteroatoms. The minimum Gasteiger partial charge on any atom is -0.169 e. The van der Waals surface area contributed by atoms with Crippen LogP contribution in [0.15, 0.2) is 0 Å². The van der Waals surface area contributed by atoms with Crippen molar-refractivity contribution in [2.24, 2.45) is 0 Å². The average Bonchev–Trinajstić information content (AvgIpc) is 1.78. The molecule has 0 heterocycles.